The van der Waals surface area contributed by atoms with Crippen LogP contribution in [0.4, 0.5) is 0 Å². The molecule has 1 aliphatic carbocycles. The predicted octanol–water partition coefficient (Wildman–Crippen LogP) is 4.13. The molecule has 2 aromatic rings. The summed E-state index contributed by atoms with van der Waals surface area (Å²) in [5, 5.41) is 0. The van der Waals surface area contributed by atoms with Gasteiger partial charge in [-0.3, -0.25) is 14.6 Å². The highest BCUT2D eigenvalue weighted by Gasteiger charge is 2.35. The lowest BCUT2D eigenvalue weighted by molar-refractivity contribution is 0.0596. The van der Waals surface area contributed by atoms with Crippen LogP contribution in [0.25, 0.3) is 0 Å². The first-order valence-electron chi connectivity index (χ1n) is 10.0. The van der Waals surface area contributed by atoms with Gasteiger partial charge in [-0.1, -0.05) is 6.07 Å². The number of ketones is 1. The van der Waals surface area contributed by atoms with Gasteiger partial charge in [0, 0.05) is 37.3 Å². The Morgan fingerprint density at radius 2 is 2.15 bits per heavy atom. The van der Waals surface area contributed by atoms with Crippen molar-refractivity contribution in [2.45, 2.75) is 64.3 Å². The molecular weight excluding hydrogens is 340 g/mol. The second-order valence-electron chi connectivity index (χ2n) is 7.62. The van der Waals surface area contributed by atoms with E-state index in [1.54, 1.807) is 0 Å². The van der Waals surface area contributed by atoms with Crippen LogP contribution in [0.3, 0.4) is 0 Å². The SMILES string of the molecule is Cc1oc2c(c1C(=O)N1CCCC[C@@H]1CCc1ccccn1)C(=O)CCC2. The molecule has 0 N–H and O–H groups in total. The molecule has 142 valence electrons. The Balaban J connectivity index is 1.56. The van der Waals surface area contributed by atoms with Crippen LogP contribution in [0.15, 0.2) is 28.8 Å². The molecule has 27 heavy (non-hydrogen) atoms. The standard InChI is InChI=1S/C22H26N2O3/c1-15-20(21-18(25)9-6-10-19(21)27-15)22(26)24-14-5-3-8-17(24)12-11-16-7-2-4-13-23-16/h2,4,7,13,17H,3,5-6,8-12,14H2,1H3/t17-/m1/s1. The van der Waals surface area contributed by atoms with Crippen LogP contribution in [0.5, 0.6) is 0 Å². The fourth-order valence-corrected chi connectivity index (χ4v) is 4.44. The third kappa shape index (κ3) is 3.55. The minimum absolute atomic E-state index is 0.0292. The maximum atomic E-state index is 13.4. The van der Waals surface area contributed by atoms with Crippen molar-refractivity contribution in [3.8, 4) is 0 Å². The van der Waals surface area contributed by atoms with Gasteiger partial charge in [0.25, 0.3) is 5.91 Å². The van der Waals surface area contributed by atoms with Crippen molar-refractivity contribution in [3.63, 3.8) is 0 Å². The second kappa shape index (κ2) is 7.67. The lowest BCUT2D eigenvalue weighted by Gasteiger charge is -2.36. The van der Waals surface area contributed by atoms with Gasteiger partial charge in [0.1, 0.15) is 11.5 Å². The van der Waals surface area contributed by atoms with E-state index in [0.717, 1.165) is 57.2 Å². The average molecular weight is 366 g/mol. The summed E-state index contributed by atoms with van der Waals surface area (Å²) >= 11 is 0. The summed E-state index contributed by atoms with van der Waals surface area (Å²) in [6.45, 7) is 2.56. The number of pyridine rings is 1. The number of carbonyl (C=O) groups excluding carboxylic acids is 2. The molecular formula is C22H26N2O3. The number of piperidine rings is 1. The minimum atomic E-state index is -0.0292. The molecule has 5 heteroatoms. The molecule has 1 atom stereocenters. The number of furan rings is 1. The summed E-state index contributed by atoms with van der Waals surface area (Å²) in [6, 6.07) is 6.14. The summed E-state index contributed by atoms with van der Waals surface area (Å²) in [5.41, 5.74) is 2.12. The number of aryl methyl sites for hydroxylation is 3. The van der Waals surface area contributed by atoms with Gasteiger partial charge in [-0.05, 0) is 57.6 Å². The van der Waals surface area contributed by atoms with E-state index in [1.807, 2.05) is 36.2 Å². The molecule has 1 aliphatic heterocycles. The largest absolute Gasteiger partial charge is 0.465 e. The lowest BCUT2D eigenvalue weighted by atomic mass is 9.91. The van der Waals surface area contributed by atoms with Crippen molar-refractivity contribution in [1.29, 1.82) is 0 Å². The maximum Gasteiger partial charge on any atom is 0.258 e. The highest BCUT2D eigenvalue weighted by molar-refractivity contribution is 6.10. The molecule has 2 aliphatic rings. The molecule has 0 spiro atoms. The summed E-state index contributed by atoms with van der Waals surface area (Å²) in [7, 11) is 0. The predicted molar refractivity (Wildman–Crippen MR) is 102 cm³/mol. The average Bonchev–Trinajstić information content (AvgIpc) is 3.04. The minimum Gasteiger partial charge on any atom is -0.465 e. The Morgan fingerprint density at radius 3 is 2.96 bits per heavy atom. The topological polar surface area (TPSA) is 63.4 Å². The monoisotopic (exact) mass is 366 g/mol. The Labute approximate surface area is 159 Å². The van der Waals surface area contributed by atoms with E-state index in [1.165, 1.54) is 0 Å². The first-order valence-corrected chi connectivity index (χ1v) is 10.0. The van der Waals surface area contributed by atoms with E-state index in [4.69, 9.17) is 4.42 Å². The van der Waals surface area contributed by atoms with Gasteiger partial charge in [-0.2, -0.15) is 0 Å². The molecule has 0 radical (unpaired) electrons. The zero-order valence-electron chi connectivity index (χ0n) is 15.9. The first kappa shape index (κ1) is 18.0. The fourth-order valence-electron chi connectivity index (χ4n) is 4.44. The quantitative estimate of drug-likeness (QED) is 0.816. The molecule has 1 saturated heterocycles. The van der Waals surface area contributed by atoms with Gasteiger partial charge < -0.3 is 9.32 Å². The van der Waals surface area contributed by atoms with E-state index >= 15 is 0 Å². The Bertz CT molecular complexity index is 841. The molecule has 0 bridgehead atoms. The molecule has 1 amide bonds. The van der Waals surface area contributed by atoms with Gasteiger partial charge in [-0.15, -0.1) is 0 Å². The highest BCUT2D eigenvalue weighted by Crippen LogP contribution is 2.32. The third-order valence-electron chi connectivity index (χ3n) is 5.81. The Kier molecular flexibility index (Phi) is 5.10. The number of aromatic nitrogens is 1. The van der Waals surface area contributed by atoms with E-state index in [-0.39, 0.29) is 17.7 Å². The van der Waals surface area contributed by atoms with Crippen LogP contribution in [0, 0.1) is 6.92 Å². The van der Waals surface area contributed by atoms with Gasteiger partial charge >= 0.3 is 0 Å². The van der Waals surface area contributed by atoms with Crippen LogP contribution >= 0.6 is 0 Å². The summed E-state index contributed by atoms with van der Waals surface area (Å²) in [4.78, 5) is 32.3. The van der Waals surface area contributed by atoms with E-state index in [0.29, 0.717) is 29.1 Å². The number of amides is 1. The first-order chi connectivity index (χ1) is 13.1. The number of nitrogens with zero attached hydrogens (tertiary/aromatic N) is 2. The normalized spacial score (nSPS) is 19.8. The number of hydrogen-bond acceptors (Lipinski definition) is 4. The molecule has 1 fully saturated rings. The summed E-state index contributed by atoms with van der Waals surface area (Å²) < 4.78 is 5.81. The number of hydrogen-bond donors (Lipinski definition) is 0. The maximum absolute atomic E-state index is 13.4. The Hall–Kier alpha value is -2.43. The molecule has 0 unspecified atom stereocenters. The molecule has 5 nitrogen and oxygen atoms in total. The Morgan fingerprint density at radius 1 is 1.26 bits per heavy atom. The summed E-state index contributed by atoms with van der Waals surface area (Å²) in [5.74, 6) is 1.32. The van der Waals surface area contributed by atoms with Crippen molar-refractivity contribution in [3.05, 3.63) is 52.7 Å². The second-order valence-corrected chi connectivity index (χ2v) is 7.62. The molecule has 0 aromatic carbocycles. The number of likely N-dealkylation sites (tertiary alicyclic amines) is 1. The van der Waals surface area contributed by atoms with Crippen LogP contribution in [-0.4, -0.2) is 34.2 Å². The van der Waals surface area contributed by atoms with Crippen LogP contribution in [0.2, 0.25) is 0 Å². The smallest absolute Gasteiger partial charge is 0.258 e. The third-order valence-corrected chi connectivity index (χ3v) is 5.81. The van der Waals surface area contributed by atoms with Crippen molar-refractivity contribution < 1.29 is 14.0 Å². The number of fused-ring (bicyclic) bond motifs is 1. The van der Waals surface area contributed by atoms with Gasteiger partial charge in [0.2, 0.25) is 0 Å². The van der Waals surface area contributed by atoms with E-state index in [2.05, 4.69) is 4.98 Å². The van der Waals surface area contributed by atoms with Gasteiger partial charge in [0.15, 0.2) is 5.78 Å². The van der Waals surface area contributed by atoms with Crippen molar-refractivity contribution in [2.24, 2.45) is 0 Å². The van der Waals surface area contributed by atoms with Crippen molar-refractivity contribution in [1.82, 2.24) is 9.88 Å². The highest BCUT2D eigenvalue weighted by atomic mass is 16.3. The van der Waals surface area contributed by atoms with Crippen LogP contribution in [0.1, 0.15) is 76.5 Å². The lowest BCUT2D eigenvalue weighted by Crippen LogP contribution is -2.44. The van der Waals surface area contributed by atoms with Crippen molar-refractivity contribution >= 4 is 11.7 Å². The van der Waals surface area contributed by atoms with Gasteiger partial charge in [0.05, 0.1) is 11.1 Å². The fraction of sp³-hybridized carbons (Fsp3) is 0.500. The zero-order chi connectivity index (χ0) is 18.8. The van der Waals surface area contributed by atoms with Crippen LogP contribution < -0.4 is 0 Å². The zero-order valence-corrected chi connectivity index (χ0v) is 15.9. The molecule has 0 saturated carbocycles. The van der Waals surface area contributed by atoms with Gasteiger partial charge in [-0.25, -0.2) is 0 Å². The van der Waals surface area contributed by atoms with Crippen LogP contribution in [-0.2, 0) is 12.8 Å². The van der Waals surface area contributed by atoms with E-state index in [9.17, 15) is 9.59 Å². The molecule has 2 aromatic heterocycles. The number of carbonyl (C=O) groups is 2. The van der Waals surface area contributed by atoms with Crippen molar-refractivity contribution in [2.75, 3.05) is 6.54 Å². The summed E-state index contributed by atoms with van der Waals surface area (Å²) in [6.07, 6.45) is 8.79. The van der Waals surface area contributed by atoms with E-state index < -0.39 is 0 Å². The number of Topliss-reactive ketones (excluding diaryl/α,β-unsaturated/α-hetero) is 1. The molecule has 3 heterocycles. The molecule has 4 rings (SSSR count). The number of rotatable bonds is 4.